The fourth-order valence-corrected chi connectivity index (χ4v) is 4.80. The van der Waals surface area contributed by atoms with E-state index in [2.05, 4.69) is 16.5 Å². The van der Waals surface area contributed by atoms with Gasteiger partial charge in [-0.3, -0.25) is 4.79 Å². The van der Waals surface area contributed by atoms with Gasteiger partial charge in [-0.05, 0) is 43.5 Å². The third-order valence-electron chi connectivity index (χ3n) is 5.35. The van der Waals surface area contributed by atoms with Gasteiger partial charge in [0.05, 0.1) is 0 Å². The van der Waals surface area contributed by atoms with E-state index in [1.54, 1.807) is 16.2 Å². The zero-order chi connectivity index (χ0) is 21.3. The summed E-state index contributed by atoms with van der Waals surface area (Å²) in [5, 5.41) is 6.06. The molecule has 1 N–H and O–H groups in total. The molecule has 3 amide bonds. The molecule has 1 saturated heterocycles. The highest BCUT2D eigenvalue weighted by Gasteiger charge is 2.31. The number of hydrogen-bond donors (Lipinski definition) is 1. The van der Waals surface area contributed by atoms with Crippen LogP contribution in [0, 0.1) is 0 Å². The maximum atomic E-state index is 13.3. The quantitative estimate of drug-likeness (QED) is 0.622. The van der Waals surface area contributed by atoms with Crippen molar-refractivity contribution in [3.63, 3.8) is 0 Å². The second-order valence-corrected chi connectivity index (χ2v) is 8.74. The Morgan fingerprint density at radius 2 is 1.97 bits per heavy atom. The lowest BCUT2D eigenvalue weighted by Crippen LogP contribution is -2.56. The van der Waals surface area contributed by atoms with Crippen molar-refractivity contribution < 1.29 is 9.59 Å². The average Bonchev–Trinajstić information content (AvgIpc) is 3.30. The van der Waals surface area contributed by atoms with Crippen molar-refractivity contribution in [2.45, 2.75) is 26.4 Å². The summed E-state index contributed by atoms with van der Waals surface area (Å²) in [6.45, 7) is 10.1. The summed E-state index contributed by atoms with van der Waals surface area (Å²) in [5.74, 6) is 0.00891. The lowest BCUT2D eigenvalue weighted by atomic mass is 10.2. The highest BCUT2D eigenvalue weighted by atomic mass is 32.1. The van der Waals surface area contributed by atoms with Gasteiger partial charge in [-0.2, -0.15) is 0 Å². The molecular weight excluding hydrogens is 396 g/mol. The molecule has 0 saturated carbocycles. The molecule has 1 atom stereocenters. The van der Waals surface area contributed by atoms with Crippen molar-refractivity contribution in [3.05, 3.63) is 65.7 Å². The number of amides is 3. The van der Waals surface area contributed by atoms with Gasteiger partial charge in [-0.15, -0.1) is 11.3 Å². The van der Waals surface area contributed by atoms with E-state index in [1.807, 2.05) is 66.6 Å². The number of nitrogens with one attached hydrogen (secondary N) is 1. The number of allylic oxidation sites excluding steroid dienone is 1. The largest absolute Gasteiger partial charge is 0.334 e. The Bertz CT molecular complexity index is 1090. The second-order valence-electron chi connectivity index (χ2n) is 7.84. The number of fused-ring (bicyclic) bond motifs is 1. The maximum Gasteiger partial charge on any atom is 0.322 e. The van der Waals surface area contributed by atoms with Crippen molar-refractivity contribution in [1.82, 2.24) is 14.4 Å². The first-order chi connectivity index (χ1) is 14.4. The Morgan fingerprint density at radius 1 is 1.20 bits per heavy atom. The van der Waals surface area contributed by atoms with Gasteiger partial charge in [0.15, 0.2) is 0 Å². The van der Waals surface area contributed by atoms with E-state index in [-0.39, 0.29) is 18.0 Å². The maximum absolute atomic E-state index is 13.3. The first-order valence-electron chi connectivity index (χ1n) is 10.1. The molecule has 6 nitrogen and oxygen atoms in total. The number of carbonyl (C=O) groups is 2. The third kappa shape index (κ3) is 3.98. The summed E-state index contributed by atoms with van der Waals surface area (Å²) in [4.78, 5) is 30.8. The molecule has 2 aromatic heterocycles. The fourth-order valence-electron chi connectivity index (χ4n) is 3.90. The Labute approximate surface area is 180 Å². The molecule has 0 unspecified atom stereocenters. The molecule has 0 radical (unpaired) electrons. The minimum Gasteiger partial charge on any atom is -0.334 e. The minimum atomic E-state index is -0.132. The number of anilines is 1. The van der Waals surface area contributed by atoms with E-state index in [0.717, 1.165) is 21.5 Å². The van der Waals surface area contributed by atoms with Gasteiger partial charge >= 0.3 is 6.03 Å². The van der Waals surface area contributed by atoms with Crippen molar-refractivity contribution in [3.8, 4) is 0 Å². The topological polar surface area (TPSA) is 57.6 Å². The first-order valence-corrected chi connectivity index (χ1v) is 10.9. The second kappa shape index (κ2) is 8.36. The van der Waals surface area contributed by atoms with Crippen LogP contribution in [-0.2, 0) is 6.54 Å². The van der Waals surface area contributed by atoms with Crippen LogP contribution in [0.15, 0.2) is 60.0 Å². The van der Waals surface area contributed by atoms with Crippen LogP contribution >= 0.6 is 11.3 Å². The number of hydrogen-bond acceptors (Lipinski definition) is 3. The fraction of sp³-hybridized carbons (Fsp3) is 0.304. The summed E-state index contributed by atoms with van der Waals surface area (Å²) in [6, 6.07) is 13.2. The molecule has 0 aliphatic carbocycles. The van der Waals surface area contributed by atoms with Crippen molar-refractivity contribution >= 4 is 39.2 Å². The Balaban J connectivity index is 1.47. The lowest BCUT2D eigenvalue weighted by Gasteiger charge is -2.39. The lowest BCUT2D eigenvalue weighted by molar-refractivity contribution is 0.0583. The smallest absolute Gasteiger partial charge is 0.322 e. The normalized spacial score (nSPS) is 16.7. The summed E-state index contributed by atoms with van der Waals surface area (Å²) >= 11 is 1.64. The molecule has 30 heavy (non-hydrogen) atoms. The molecule has 0 bridgehead atoms. The number of benzene rings is 1. The van der Waals surface area contributed by atoms with Crippen LogP contribution in [0.1, 0.15) is 24.3 Å². The molecule has 0 spiro atoms. The van der Waals surface area contributed by atoms with Crippen LogP contribution in [0.3, 0.4) is 0 Å². The van der Waals surface area contributed by atoms with Crippen LogP contribution in [-0.4, -0.2) is 52.0 Å². The number of nitrogens with zero attached hydrogens (tertiary/aromatic N) is 3. The van der Waals surface area contributed by atoms with E-state index in [4.69, 9.17) is 0 Å². The van der Waals surface area contributed by atoms with Gasteiger partial charge in [0.1, 0.15) is 10.5 Å². The monoisotopic (exact) mass is 422 g/mol. The van der Waals surface area contributed by atoms with Crippen LogP contribution < -0.4 is 5.32 Å². The molecule has 3 heterocycles. The van der Waals surface area contributed by atoms with Crippen molar-refractivity contribution in [2.75, 3.05) is 25.0 Å². The first kappa shape index (κ1) is 20.2. The van der Waals surface area contributed by atoms with Gasteiger partial charge in [0.2, 0.25) is 0 Å². The molecule has 1 aliphatic heterocycles. The molecule has 156 valence electrons. The molecule has 1 aliphatic rings. The van der Waals surface area contributed by atoms with E-state index < -0.39 is 0 Å². The Kier molecular flexibility index (Phi) is 5.63. The minimum absolute atomic E-state index is 0.00891. The highest BCUT2D eigenvalue weighted by molar-refractivity contribution is 7.16. The predicted molar refractivity (Wildman–Crippen MR) is 122 cm³/mol. The summed E-state index contributed by atoms with van der Waals surface area (Å²) in [5.41, 5.74) is 2.46. The molecule has 4 rings (SSSR count). The van der Waals surface area contributed by atoms with Gasteiger partial charge < -0.3 is 19.7 Å². The average molecular weight is 423 g/mol. The summed E-state index contributed by atoms with van der Waals surface area (Å²) in [7, 11) is 0. The number of thiophene rings is 1. The van der Waals surface area contributed by atoms with Gasteiger partial charge in [0.25, 0.3) is 5.91 Å². The van der Waals surface area contributed by atoms with Gasteiger partial charge in [-0.1, -0.05) is 30.4 Å². The summed E-state index contributed by atoms with van der Waals surface area (Å²) in [6.07, 6.45) is 0. The Morgan fingerprint density at radius 3 is 2.67 bits per heavy atom. The van der Waals surface area contributed by atoms with Crippen LogP contribution in [0.5, 0.6) is 0 Å². The zero-order valence-corrected chi connectivity index (χ0v) is 18.1. The number of rotatable bonds is 4. The Hall–Kier alpha value is -3.06. The third-order valence-corrected chi connectivity index (χ3v) is 6.30. The molecule has 7 heteroatoms. The highest BCUT2D eigenvalue weighted by Crippen LogP contribution is 2.27. The zero-order valence-electron chi connectivity index (χ0n) is 17.3. The standard InChI is InChI=1S/C23H26N4O2S/c1-16(2)14-27-20(13-18-9-12-30-22(18)27)21(28)25-10-11-26(17(3)15-25)23(29)24-19-7-5-4-6-8-19/h4-9,12-13,17H,1,10-11,14-15H2,2-3H3,(H,24,29)/t17-/m0/s1. The number of carbonyl (C=O) groups excluding carboxylic acids is 2. The van der Waals surface area contributed by atoms with E-state index in [1.165, 1.54) is 0 Å². The molecule has 1 fully saturated rings. The van der Waals surface area contributed by atoms with Crippen LogP contribution in [0.2, 0.25) is 0 Å². The van der Waals surface area contributed by atoms with Gasteiger partial charge in [-0.25, -0.2) is 4.79 Å². The number of aromatic nitrogens is 1. The van der Waals surface area contributed by atoms with E-state index >= 15 is 0 Å². The molecule has 1 aromatic carbocycles. The SMILES string of the molecule is C=C(C)Cn1c(C(=O)N2CCN(C(=O)Nc3ccccc3)[C@@H](C)C2)cc2ccsc21. The number of urea groups is 1. The predicted octanol–water partition coefficient (Wildman–Crippen LogP) is 4.66. The molecule has 3 aromatic rings. The van der Waals surface area contributed by atoms with Crippen LogP contribution in [0.4, 0.5) is 10.5 Å². The van der Waals surface area contributed by atoms with Gasteiger partial charge in [0, 0.05) is 43.3 Å². The van der Waals surface area contributed by atoms with E-state index in [9.17, 15) is 9.59 Å². The van der Waals surface area contributed by atoms with Crippen LogP contribution in [0.25, 0.3) is 10.2 Å². The summed E-state index contributed by atoms with van der Waals surface area (Å²) < 4.78 is 2.06. The van der Waals surface area contributed by atoms with Crippen molar-refractivity contribution in [2.24, 2.45) is 0 Å². The number of piperazine rings is 1. The molecular formula is C23H26N4O2S. The van der Waals surface area contributed by atoms with E-state index in [0.29, 0.717) is 31.9 Å². The van der Waals surface area contributed by atoms with Crippen molar-refractivity contribution in [1.29, 1.82) is 0 Å². The number of para-hydroxylation sites is 1.